The van der Waals surface area contributed by atoms with Gasteiger partial charge in [-0.15, -0.1) is 4.90 Å². The Labute approximate surface area is 779 Å². The molecule has 6 saturated heterocycles. The SMILES string of the molecule is C[C@@H]1OCC2(CCN(c3ncc(Sc4ncnc5ccccc45)c4nccn34)CC2)[C@@H]1N.C[C@@H]1OCC2(CCN(c3ncc(Sc4ncnc5ccccc45)c4nccn34)CC2)[C@@H]1NC(=O)OC(C)(C)C.C[C@@H]1OCC2(CCN(c3ncc([S-])c4nccn34)CC2)[C@@H]1NC(=O)OC(C)(C)C.Clc1ncnc2ccccc12.N=N/N=N/N=N/N=N/N=N/N=N/N=N/N=N/N.[Na+]. The minimum absolute atomic E-state index is 0. The molecule has 50 heteroatoms. The zero-order valence-corrected chi connectivity index (χ0v) is 77.5. The first kappa shape index (κ1) is 94.7. The summed E-state index contributed by atoms with van der Waals surface area (Å²) in [6.45, 7) is 24.4. The number of amides is 2. The number of nitrogens with zero attached hydrogens (tertiary/aromatic N) is 33. The molecule has 0 saturated carbocycles. The van der Waals surface area contributed by atoms with Gasteiger partial charge < -0.3 is 73.2 Å². The van der Waals surface area contributed by atoms with Crippen LogP contribution in [-0.2, 0) is 36.3 Å². The largest absolute Gasteiger partial charge is 1.00 e. The van der Waals surface area contributed by atoms with Crippen molar-refractivity contribution in [3.8, 4) is 0 Å². The Hall–Kier alpha value is -11.9. The smallest absolute Gasteiger partial charge is 0.775 e. The first-order valence-electron chi connectivity index (χ1n) is 40.8. The third-order valence-electron chi connectivity index (χ3n) is 22.5. The van der Waals surface area contributed by atoms with Crippen LogP contribution in [0.2, 0.25) is 5.15 Å². The molecule has 12 aromatic rings. The van der Waals surface area contributed by atoms with E-state index in [1.54, 1.807) is 54.8 Å². The molecular weight excluding hydrogens is 1750 g/mol. The molecule has 2 amide bonds. The topological polar surface area (TPSA) is 543 Å². The van der Waals surface area contributed by atoms with Crippen molar-refractivity contribution in [3.05, 3.63) is 153 Å². The van der Waals surface area contributed by atoms with Crippen molar-refractivity contribution >= 4 is 127 Å². The number of imidazole rings is 3. The molecule has 129 heavy (non-hydrogen) atoms. The van der Waals surface area contributed by atoms with E-state index in [0.29, 0.717) is 23.3 Å². The van der Waals surface area contributed by atoms with Crippen molar-refractivity contribution in [1.82, 2.24) is 83.6 Å². The fourth-order valence-corrected chi connectivity index (χ4v) is 18.5. The van der Waals surface area contributed by atoms with Crippen molar-refractivity contribution in [3.63, 3.8) is 0 Å². The summed E-state index contributed by atoms with van der Waals surface area (Å²) in [5.41, 5.74) is 16.7. The Bertz CT molecular complexity index is 6080. The molecule has 6 aliphatic rings. The number of halogens is 1. The maximum Gasteiger partial charge on any atom is 1.00 e. The van der Waals surface area contributed by atoms with Gasteiger partial charge in [-0.25, -0.2) is 69.4 Å². The van der Waals surface area contributed by atoms with Gasteiger partial charge in [-0.05, 0) is 198 Å². The van der Waals surface area contributed by atoms with Crippen LogP contribution in [0.15, 0.2) is 251 Å². The maximum atomic E-state index is 12.6. The molecule has 6 aliphatic heterocycles. The molecule has 3 spiro atoms. The van der Waals surface area contributed by atoms with E-state index in [9.17, 15) is 9.59 Å². The number of rotatable bonds is 16. The molecule has 7 N–H and O–H groups in total. The average molecular weight is 1840 g/mol. The van der Waals surface area contributed by atoms with Crippen molar-refractivity contribution in [1.29, 1.82) is 5.53 Å². The summed E-state index contributed by atoms with van der Waals surface area (Å²) < 4.78 is 35.0. The summed E-state index contributed by atoms with van der Waals surface area (Å²) in [6.07, 6.45) is 26.2. The molecule has 15 heterocycles. The van der Waals surface area contributed by atoms with Crippen LogP contribution in [0, 0.1) is 21.8 Å². The van der Waals surface area contributed by atoms with Crippen LogP contribution in [0.5, 0.6) is 0 Å². The van der Waals surface area contributed by atoms with Gasteiger partial charge in [0, 0.05) is 133 Å². The molecule has 0 radical (unpaired) electrons. The van der Waals surface area contributed by atoms with Gasteiger partial charge in [0.2, 0.25) is 17.8 Å². The predicted octanol–water partition coefficient (Wildman–Crippen LogP) is 12.2. The average Bonchev–Trinajstić information content (AvgIpc) is 1.64. The molecule has 0 unspecified atom stereocenters. The molecule has 3 aromatic carbocycles. The Morgan fingerprint density at radius 2 is 0.829 bits per heavy atom. The van der Waals surface area contributed by atoms with E-state index in [-0.39, 0.29) is 88.3 Å². The Kier molecular flexibility index (Phi) is 31.6. The van der Waals surface area contributed by atoms with E-state index in [0.717, 1.165) is 172 Å². The molecule has 0 aliphatic carbocycles. The van der Waals surface area contributed by atoms with E-state index in [2.05, 4.69) is 171 Å². The molecule has 45 nitrogen and oxygen atoms in total. The second kappa shape index (κ2) is 43.0. The number of aromatic nitrogens is 15. The standard InChI is InChI=1S/C28H33N7O3S.C23H25N7OS.C20H29N5O3S.C8H5ClN2.H3N17.Na/c1-18-22(33-26(36)38-27(2,3)4)28(16-37-18)9-12-34(13-10-28)25-30-15-21(23-29-11-14-35(23)25)39-24-19-7-5-6-8-20(19)31-17-32-24;1-15-19(24)23(13-31-15)6-9-29(10-7-23)22-26-12-18(20-25-8-11-30(20)22)32-21-16-4-2-3-5-17(16)27-14-28-21;1-13-15(23-18(26)28-19(2,3)4)20(12-27-13)5-8-24(9-6-20)17-22-11-14(29)16-21-7-10-25(16)17;9-8-6-3-1-2-4-7(6)10-5-11-8;1-3-5-7-9-11-13-15-17-16-14-12-10-8-6-4-2;/h5-8,11,14-15,17-18,22H,9-10,12-13,16H2,1-4H3,(H,33,36);2-5,8,11-12,14-15,19H,6-7,9-10,13,24H2,1H3;7,10-11,13,15,29H,5-6,8-9,12H2,1-4H3,(H,23,26);1-5H;(H3,1,2,5,6,9,10,13,14,17);/q;;;;;+1/p-1/t18-,22+;15-,19+;13-,15+;;;/m000.../s1. The molecule has 0 bridgehead atoms. The first-order chi connectivity index (χ1) is 61.8. The van der Waals surface area contributed by atoms with Crippen LogP contribution < -0.4 is 66.5 Å². The van der Waals surface area contributed by atoms with E-state index in [1.165, 1.54) is 6.33 Å². The molecule has 18 rings (SSSR count). The molecule has 668 valence electrons. The van der Waals surface area contributed by atoms with Crippen molar-refractivity contribution in [2.24, 2.45) is 106 Å². The van der Waals surface area contributed by atoms with E-state index < -0.39 is 17.3 Å². The number of hydrogen-bond donors (Lipinski definition) is 5. The summed E-state index contributed by atoms with van der Waals surface area (Å²) in [5.74, 6) is 7.21. The third kappa shape index (κ3) is 23.1. The minimum atomic E-state index is -0.545. The maximum absolute atomic E-state index is 12.6. The number of carbonyl (C=O) groups is 2. The summed E-state index contributed by atoms with van der Waals surface area (Å²) in [7, 11) is 0. The van der Waals surface area contributed by atoms with Crippen LogP contribution in [0.3, 0.4) is 0 Å². The summed E-state index contributed by atoms with van der Waals surface area (Å²) in [6, 6.07) is 23.6. The summed E-state index contributed by atoms with van der Waals surface area (Å²) in [5, 5.41) is 54.7. The number of piperidine rings is 3. The number of nitrogens with two attached hydrogens (primary N) is 2. The number of ether oxygens (including phenoxy) is 5. The zero-order chi connectivity index (χ0) is 90.0. The van der Waals surface area contributed by atoms with Crippen LogP contribution >= 0.6 is 35.1 Å². The zero-order valence-electron chi connectivity index (χ0n) is 72.3. The number of nitrogens with one attached hydrogen (secondary N) is 3. The van der Waals surface area contributed by atoms with E-state index in [1.807, 2.05) is 174 Å². The van der Waals surface area contributed by atoms with Gasteiger partial charge >= 0.3 is 41.7 Å². The number of anilines is 3. The fraction of sp³-hybridized carbons (Fsp3) is 0.443. The second-order valence-corrected chi connectivity index (χ2v) is 35.5. The monoisotopic (exact) mass is 1840 g/mol. The number of benzene rings is 3. The van der Waals surface area contributed by atoms with Gasteiger partial charge in [-0.1, -0.05) is 88.9 Å². The molecular formula is C79H94ClN38NaO7S3. The van der Waals surface area contributed by atoms with Gasteiger partial charge in [0.05, 0.1) is 76.6 Å². The Balaban J connectivity index is 0.000000145. The summed E-state index contributed by atoms with van der Waals surface area (Å²) in [4.78, 5) is 88.0. The van der Waals surface area contributed by atoms with Crippen molar-refractivity contribution in [2.75, 3.05) is 73.8 Å². The van der Waals surface area contributed by atoms with Gasteiger partial charge in [0.15, 0.2) is 11.3 Å². The Morgan fingerprint density at radius 1 is 0.481 bits per heavy atom. The van der Waals surface area contributed by atoms with Crippen LogP contribution in [0.25, 0.3) is 49.7 Å². The molecule has 6 atom stereocenters. The number of para-hydroxylation sites is 3. The van der Waals surface area contributed by atoms with E-state index >= 15 is 0 Å². The number of alkyl carbamates (subject to hydrolysis) is 2. The van der Waals surface area contributed by atoms with Gasteiger partial charge in [-0.3, -0.25) is 13.2 Å². The van der Waals surface area contributed by atoms with Crippen LogP contribution in [-0.4, -0.2) is 192 Å². The fourth-order valence-electron chi connectivity index (χ4n) is 16.3. The van der Waals surface area contributed by atoms with E-state index in [4.69, 9.17) is 69.1 Å². The van der Waals surface area contributed by atoms with Gasteiger partial charge in [0.1, 0.15) is 51.0 Å². The third-order valence-corrected chi connectivity index (χ3v) is 25.1. The summed E-state index contributed by atoms with van der Waals surface area (Å²) >= 11 is 14.3. The normalized spacial score (nSPS) is 20.2. The minimum Gasteiger partial charge on any atom is -0.775 e. The van der Waals surface area contributed by atoms with Gasteiger partial charge in [0.25, 0.3) is 0 Å². The number of hydrogen-bond acceptors (Lipinski definition) is 28. The van der Waals surface area contributed by atoms with Crippen molar-refractivity contribution in [2.45, 2.75) is 173 Å². The van der Waals surface area contributed by atoms with Crippen LogP contribution in [0.4, 0.5) is 27.4 Å². The number of carbonyl (C=O) groups excluding carboxylic acids is 2. The molecule has 9 aromatic heterocycles. The number of fused-ring (bicyclic) bond motifs is 6. The van der Waals surface area contributed by atoms with Crippen LogP contribution in [0.1, 0.15) is 101 Å². The first-order valence-corrected chi connectivity index (χ1v) is 43.2. The van der Waals surface area contributed by atoms with Crippen molar-refractivity contribution < 1.29 is 62.8 Å². The Morgan fingerprint density at radius 3 is 1.22 bits per heavy atom. The molecule has 6 fully saturated rings. The van der Waals surface area contributed by atoms with Gasteiger partial charge in [-0.2, -0.15) is 5.53 Å². The quantitative estimate of drug-likeness (QED) is 0.0150. The predicted molar refractivity (Wildman–Crippen MR) is 472 cm³/mol. The second-order valence-electron chi connectivity index (χ2n) is 32.7.